The standard InChI is InChI=1S/C24H37N3O/c1-5-27(25-13-7-6-8-14-25)20-11-9-19(10-12-20)22(28)26-18-24(4)16-21(26)15-23(2,3)17-24/h9-12,21H,5-8,13-18H2,1-4H3. The van der Waals surface area contributed by atoms with Crippen LogP contribution in [0.25, 0.3) is 0 Å². The molecule has 3 fully saturated rings. The SMILES string of the molecule is CCN(c1ccc(C(=O)N2CC3(C)CC2CC(C)(C)C3)cc1)N1CCCCC1. The lowest BCUT2D eigenvalue weighted by atomic mass is 9.65. The predicted molar refractivity (Wildman–Crippen MR) is 115 cm³/mol. The van der Waals surface area contributed by atoms with Gasteiger partial charge in [0.25, 0.3) is 5.91 Å². The molecule has 0 N–H and O–H groups in total. The van der Waals surface area contributed by atoms with Crippen LogP contribution in [0.3, 0.4) is 0 Å². The van der Waals surface area contributed by atoms with Gasteiger partial charge in [0.05, 0.1) is 5.69 Å². The van der Waals surface area contributed by atoms with E-state index in [1.807, 2.05) is 12.1 Å². The van der Waals surface area contributed by atoms with Crippen molar-refractivity contribution in [3.8, 4) is 0 Å². The first-order valence-corrected chi connectivity index (χ1v) is 11.2. The molecule has 0 spiro atoms. The monoisotopic (exact) mass is 383 g/mol. The van der Waals surface area contributed by atoms with E-state index in [9.17, 15) is 4.79 Å². The van der Waals surface area contributed by atoms with Crippen LogP contribution in [0, 0.1) is 10.8 Å². The van der Waals surface area contributed by atoms with Gasteiger partial charge < -0.3 is 9.91 Å². The van der Waals surface area contributed by atoms with Crippen molar-refractivity contribution in [2.24, 2.45) is 10.8 Å². The molecule has 1 amide bonds. The van der Waals surface area contributed by atoms with Crippen LogP contribution in [-0.4, -0.2) is 48.0 Å². The Morgan fingerprint density at radius 2 is 1.75 bits per heavy atom. The zero-order valence-electron chi connectivity index (χ0n) is 18.2. The first-order valence-electron chi connectivity index (χ1n) is 11.2. The topological polar surface area (TPSA) is 26.8 Å². The van der Waals surface area contributed by atoms with Crippen LogP contribution in [0.2, 0.25) is 0 Å². The Bertz CT molecular complexity index is 707. The van der Waals surface area contributed by atoms with Gasteiger partial charge in [0.15, 0.2) is 0 Å². The average molecular weight is 384 g/mol. The maximum absolute atomic E-state index is 13.3. The highest BCUT2D eigenvalue weighted by atomic mass is 16.2. The molecule has 0 radical (unpaired) electrons. The van der Waals surface area contributed by atoms with Gasteiger partial charge in [-0.1, -0.05) is 27.2 Å². The van der Waals surface area contributed by atoms with Crippen molar-refractivity contribution in [2.45, 2.75) is 72.3 Å². The van der Waals surface area contributed by atoms with Crippen LogP contribution in [-0.2, 0) is 0 Å². The van der Waals surface area contributed by atoms with Gasteiger partial charge in [-0.3, -0.25) is 4.79 Å². The number of carbonyl (C=O) groups excluding carboxylic acids is 1. The third kappa shape index (κ3) is 3.80. The maximum atomic E-state index is 13.3. The smallest absolute Gasteiger partial charge is 0.254 e. The number of amides is 1. The molecular formula is C24H37N3O. The summed E-state index contributed by atoms with van der Waals surface area (Å²) in [6, 6.07) is 8.76. The summed E-state index contributed by atoms with van der Waals surface area (Å²) in [6.07, 6.45) is 7.41. The Morgan fingerprint density at radius 1 is 1.07 bits per heavy atom. The molecule has 4 heteroatoms. The number of nitrogens with zero attached hydrogens (tertiary/aromatic N) is 3. The summed E-state index contributed by atoms with van der Waals surface area (Å²) >= 11 is 0. The molecule has 2 saturated heterocycles. The van der Waals surface area contributed by atoms with E-state index in [4.69, 9.17) is 0 Å². The van der Waals surface area contributed by atoms with Crippen LogP contribution < -0.4 is 5.01 Å². The number of fused-ring (bicyclic) bond motifs is 2. The van der Waals surface area contributed by atoms with Gasteiger partial charge in [-0.25, -0.2) is 5.01 Å². The van der Waals surface area contributed by atoms with E-state index in [2.05, 4.69) is 54.7 Å². The minimum Gasteiger partial charge on any atom is -0.335 e. The number of likely N-dealkylation sites (tertiary alicyclic amines) is 1. The molecule has 2 heterocycles. The van der Waals surface area contributed by atoms with Gasteiger partial charge in [0, 0.05) is 37.8 Å². The van der Waals surface area contributed by atoms with E-state index in [0.717, 1.165) is 38.2 Å². The van der Waals surface area contributed by atoms with E-state index in [1.165, 1.54) is 37.8 Å². The van der Waals surface area contributed by atoms with Crippen molar-refractivity contribution in [3.05, 3.63) is 29.8 Å². The fourth-order valence-electron chi connectivity index (χ4n) is 6.30. The van der Waals surface area contributed by atoms with Crippen LogP contribution >= 0.6 is 0 Å². The first-order chi connectivity index (χ1) is 13.3. The Morgan fingerprint density at radius 3 is 2.39 bits per heavy atom. The number of hydrogen-bond donors (Lipinski definition) is 0. The summed E-state index contributed by atoms with van der Waals surface area (Å²) in [4.78, 5) is 15.5. The second kappa shape index (κ2) is 7.37. The van der Waals surface area contributed by atoms with Crippen LogP contribution in [0.15, 0.2) is 24.3 Å². The molecule has 2 bridgehead atoms. The minimum atomic E-state index is 0.221. The molecule has 2 atom stereocenters. The van der Waals surface area contributed by atoms with Gasteiger partial charge in [-0.2, -0.15) is 0 Å². The van der Waals surface area contributed by atoms with Crippen molar-refractivity contribution in [1.82, 2.24) is 9.91 Å². The largest absolute Gasteiger partial charge is 0.335 e. The third-order valence-corrected chi connectivity index (χ3v) is 7.06. The summed E-state index contributed by atoms with van der Waals surface area (Å²) < 4.78 is 0. The second-order valence-corrected chi connectivity index (χ2v) is 10.4. The van der Waals surface area contributed by atoms with Gasteiger partial charge >= 0.3 is 0 Å². The van der Waals surface area contributed by atoms with Gasteiger partial charge in [0.1, 0.15) is 0 Å². The Labute approximate surface area is 170 Å². The quantitative estimate of drug-likeness (QED) is 0.736. The lowest BCUT2D eigenvalue weighted by molar-refractivity contribution is 0.0708. The summed E-state index contributed by atoms with van der Waals surface area (Å²) in [6.45, 7) is 13.5. The molecule has 154 valence electrons. The predicted octanol–water partition coefficient (Wildman–Crippen LogP) is 4.95. The fourth-order valence-corrected chi connectivity index (χ4v) is 6.30. The first kappa shape index (κ1) is 19.8. The van der Waals surface area contributed by atoms with Crippen LogP contribution in [0.1, 0.15) is 76.6 Å². The van der Waals surface area contributed by atoms with Crippen molar-refractivity contribution in [1.29, 1.82) is 0 Å². The molecule has 4 nitrogen and oxygen atoms in total. The van der Waals surface area contributed by atoms with Crippen molar-refractivity contribution in [3.63, 3.8) is 0 Å². The number of anilines is 1. The van der Waals surface area contributed by atoms with Crippen molar-refractivity contribution < 1.29 is 4.79 Å². The maximum Gasteiger partial charge on any atom is 0.254 e. The Balaban J connectivity index is 1.49. The normalized spacial score (nSPS) is 29.7. The number of rotatable bonds is 4. The third-order valence-electron chi connectivity index (χ3n) is 7.06. The van der Waals surface area contributed by atoms with E-state index in [0.29, 0.717) is 11.5 Å². The highest BCUT2D eigenvalue weighted by Gasteiger charge is 2.51. The Hall–Kier alpha value is -1.55. The highest BCUT2D eigenvalue weighted by Crippen LogP contribution is 2.52. The molecule has 0 aromatic heterocycles. The highest BCUT2D eigenvalue weighted by molar-refractivity contribution is 5.95. The van der Waals surface area contributed by atoms with E-state index < -0.39 is 0 Å². The molecule has 3 aliphatic rings. The molecule has 1 aromatic rings. The fraction of sp³-hybridized carbons (Fsp3) is 0.708. The van der Waals surface area contributed by atoms with Crippen LogP contribution in [0.5, 0.6) is 0 Å². The van der Waals surface area contributed by atoms with Crippen molar-refractivity contribution >= 4 is 11.6 Å². The molecule has 1 saturated carbocycles. The van der Waals surface area contributed by atoms with E-state index in [1.54, 1.807) is 0 Å². The average Bonchev–Trinajstić information content (AvgIpc) is 2.92. The molecule has 1 aromatic carbocycles. The summed E-state index contributed by atoms with van der Waals surface area (Å²) in [5.41, 5.74) is 2.67. The zero-order chi connectivity index (χ0) is 19.9. The van der Waals surface area contributed by atoms with Gasteiger partial charge in [0.2, 0.25) is 0 Å². The van der Waals surface area contributed by atoms with Crippen LogP contribution in [0.4, 0.5) is 5.69 Å². The van der Waals surface area contributed by atoms with Crippen molar-refractivity contribution in [2.75, 3.05) is 31.2 Å². The summed E-state index contributed by atoms with van der Waals surface area (Å²) in [5, 5.41) is 4.84. The summed E-state index contributed by atoms with van der Waals surface area (Å²) in [7, 11) is 0. The molecule has 28 heavy (non-hydrogen) atoms. The minimum absolute atomic E-state index is 0.221. The number of hydrazine groups is 1. The zero-order valence-corrected chi connectivity index (χ0v) is 18.2. The molecule has 2 aliphatic heterocycles. The number of carbonyl (C=O) groups is 1. The molecule has 4 rings (SSSR count). The van der Waals surface area contributed by atoms with Gasteiger partial charge in [-0.15, -0.1) is 0 Å². The molecular weight excluding hydrogens is 346 g/mol. The van der Waals surface area contributed by atoms with Gasteiger partial charge in [-0.05, 0) is 74.1 Å². The van der Waals surface area contributed by atoms with E-state index in [-0.39, 0.29) is 11.3 Å². The number of piperidine rings is 1. The number of hydrogen-bond acceptors (Lipinski definition) is 3. The van der Waals surface area contributed by atoms with E-state index >= 15 is 0 Å². The lowest BCUT2D eigenvalue weighted by Gasteiger charge is -2.39. The molecule has 1 aliphatic carbocycles. The Kier molecular flexibility index (Phi) is 5.20. The molecule has 2 unspecified atom stereocenters. The summed E-state index contributed by atoms with van der Waals surface area (Å²) in [5.74, 6) is 0.221. The lowest BCUT2D eigenvalue weighted by Crippen LogP contribution is -2.45. The second-order valence-electron chi connectivity index (χ2n) is 10.4. The number of benzene rings is 1.